The summed E-state index contributed by atoms with van der Waals surface area (Å²) in [6, 6.07) is 25.8. The summed E-state index contributed by atoms with van der Waals surface area (Å²) >= 11 is 5.65. The molecule has 1 fully saturated rings. The SMILES string of the molecule is COc1cc([C@@H]2c3sc(=O)[nH]c3S[C@H]3C(=O)N(c4ccc(Br)cc4)C(=O)[C@@H]23)ccc1OCC(=O)Nc1ccc2ccccc2c1. The van der Waals surface area contributed by atoms with Gasteiger partial charge in [0.05, 0.1) is 23.7 Å². The number of nitrogens with one attached hydrogen (secondary N) is 2. The summed E-state index contributed by atoms with van der Waals surface area (Å²) in [4.78, 5) is 57.3. The molecule has 7 rings (SSSR count). The first-order valence-electron chi connectivity index (χ1n) is 13.9. The van der Waals surface area contributed by atoms with Gasteiger partial charge in [-0.25, -0.2) is 4.90 Å². The predicted octanol–water partition coefficient (Wildman–Crippen LogP) is 6.17. The molecule has 2 aliphatic heterocycles. The van der Waals surface area contributed by atoms with Gasteiger partial charge in [0.15, 0.2) is 18.1 Å². The molecule has 12 heteroatoms. The molecule has 0 saturated carbocycles. The molecule has 1 aromatic heterocycles. The molecule has 5 aromatic rings. The van der Waals surface area contributed by atoms with Crippen molar-refractivity contribution in [2.24, 2.45) is 5.92 Å². The lowest BCUT2D eigenvalue weighted by atomic mass is 9.83. The number of carbonyl (C=O) groups is 3. The molecule has 3 atom stereocenters. The topological polar surface area (TPSA) is 118 Å². The monoisotopic (exact) mass is 701 g/mol. The number of aromatic nitrogens is 1. The molecule has 1 saturated heterocycles. The highest BCUT2D eigenvalue weighted by atomic mass is 79.9. The van der Waals surface area contributed by atoms with Gasteiger partial charge in [-0.05, 0) is 64.9 Å². The van der Waals surface area contributed by atoms with Gasteiger partial charge < -0.3 is 19.8 Å². The number of nitrogens with zero attached hydrogens (tertiary/aromatic N) is 1. The summed E-state index contributed by atoms with van der Waals surface area (Å²) in [5.41, 5.74) is 1.83. The molecule has 0 aliphatic carbocycles. The first-order valence-corrected chi connectivity index (χ1v) is 16.4. The van der Waals surface area contributed by atoms with E-state index in [1.165, 1.54) is 23.8 Å². The highest BCUT2D eigenvalue weighted by Gasteiger charge is 2.56. The number of anilines is 2. The Morgan fingerprint density at radius 2 is 1.71 bits per heavy atom. The number of benzene rings is 4. The number of imide groups is 1. The number of halogens is 1. The van der Waals surface area contributed by atoms with E-state index in [2.05, 4.69) is 26.2 Å². The normalized spacial score (nSPS) is 18.9. The van der Waals surface area contributed by atoms with Crippen LogP contribution in [0.15, 0.2) is 99.2 Å². The second kappa shape index (κ2) is 11.8. The number of hydrogen-bond acceptors (Lipinski definition) is 8. The molecule has 3 amide bonds. The van der Waals surface area contributed by atoms with Gasteiger partial charge in [0.1, 0.15) is 5.25 Å². The van der Waals surface area contributed by atoms with Crippen LogP contribution in [0.1, 0.15) is 16.4 Å². The first kappa shape index (κ1) is 29.3. The second-order valence-corrected chi connectivity index (χ2v) is 13.6. The summed E-state index contributed by atoms with van der Waals surface area (Å²) < 4.78 is 12.3. The van der Waals surface area contributed by atoms with Crippen LogP contribution >= 0.6 is 39.0 Å². The largest absolute Gasteiger partial charge is 0.493 e. The molecular weight excluding hydrogens is 678 g/mol. The Kier molecular flexibility index (Phi) is 7.72. The van der Waals surface area contributed by atoms with E-state index < -0.39 is 17.1 Å². The van der Waals surface area contributed by atoms with Crippen LogP contribution in [0.2, 0.25) is 0 Å². The Balaban J connectivity index is 1.15. The van der Waals surface area contributed by atoms with Crippen LogP contribution in [0.5, 0.6) is 11.5 Å². The predicted molar refractivity (Wildman–Crippen MR) is 178 cm³/mol. The van der Waals surface area contributed by atoms with Gasteiger partial charge in [-0.15, -0.1) is 0 Å². The Labute approximate surface area is 273 Å². The molecule has 9 nitrogen and oxygen atoms in total. The Morgan fingerprint density at radius 1 is 0.933 bits per heavy atom. The molecule has 45 heavy (non-hydrogen) atoms. The summed E-state index contributed by atoms with van der Waals surface area (Å²) in [5, 5.41) is 4.80. The van der Waals surface area contributed by atoms with E-state index in [0.717, 1.165) is 26.6 Å². The maximum atomic E-state index is 14.0. The Bertz CT molecular complexity index is 2040. The number of aromatic amines is 1. The number of H-pyrrole nitrogens is 1. The third kappa shape index (κ3) is 5.43. The zero-order valence-electron chi connectivity index (χ0n) is 23.6. The highest BCUT2D eigenvalue weighted by molar-refractivity contribution is 9.10. The van der Waals surface area contributed by atoms with Gasteiger partial charge in [-0.1, -0.05) is 75.4 Å². The van der Waals surface area contributed by atoms with E-state index in [0.29, 0.717) is 38.3 Å². The number of ether oxygens (including phenoxy) is 2. The molecule has 226 valence electrons. The standard InChI is InChI=1S/C33H24BrN3O6S2/c1-42-24-15-19(7-13-23(24)43-16-25(38)35-21-10-6-17-4-2-3-5-18(17)14-21)26-27-29(44-30-28(26)45-33(41)36-30)32(40)37(31(27)39)22-11-8-20(34)9-12-22/h2-15,26-27,29H,16H2,1H3,(H,35,38)(H,36,41)/t26-,27-,29+/m0/s1. The summed E-state index contributed by atoms with van der Waals surface area (Å²) in [6.07, 6.45) is 0. The molecular formula is C33H24BrN3O6S2. The number of thioether (sulfide) groups is 1. The highest BCUT2D eigenvalue weighted by Crippen LogP contribution is 2.53. The van der Waals surface area contributed by atoms with Crippen molar-refractivity contribution in [3.05, 3.63) is 110 Å². The number of amides is 3. The summed E-state index contributed by atoms with van der Waals surface area (Å²) in [7, 11) is 1.49. The number of rotatable bonds is 7. The van der Waals surface area contributed by atoms with Crippen LogP contribution in [0, 0.1) is 5.92 Å². The van der Waals surface area contributed by atoms with Crippen LogP contribution in [-0.4, -0.2) is 41.7 Å². The zero-order valence-corrected chi connectivity index (χ0v) is 26.8. The van der Waals surface area contributed by atoms with Crippen molar-refractivity contribution in [2.45, 2.75) is 16.2 Å². The molecule has 2 aliphatic rings. The van der Waals surface area contributed by atoms with Crippen molar-refractivity contribution >= 4 is 78.9 Å². The minimum Gasteiger partial charge on any atom is -0.493 e. The van der Waals surface area contributed by atoms with Crippen LogP contribution in [-0.2, 0) is 14.4 Å². The van der Waals surface area contributed by atoms with Gasteiger partial charge in [-0.3, -0.25) is 19.2 Å². The summed E-state index contributed by atoms with van der Waals surface area (Å²) in [5.74, 6) is -1.63. The fourth-order valence-corrected chi connectivity index (χ4v) is 8.60. The average molecular weight is 703 g/mol. The van der Waals surface area contributed by atoms with Crippen molar-refractivity contribution in [1.29, 1.82) is 0 Å². The van der Waals surface area contributed by atoms with Crippen molar-refractivity contribution < 1.29 is 23.9 Å². The fraction of sp³-hybridized carbons (Fsp3) is 0.152. The van der Waals surface area contributed by atoms with Crippen molar-refractivity contribution in [2.75, 3.05) is 23.9 Å². The third-order valence-corrected chi connectivity index (χ3v) is 10.8. The molecule has 4 aromatic carbocycles. The molecule has 2 N–H and O–H groups in total. The quantitative estimate of drug-likeness (QED) is 0.195. The van der Waals surface area contributed by atoms with Gasteiger partial charge >= 0.3 is 4.87 Å². The molecule has 0 radical (unpaired) electrons. The minimum absolute atomic E-state index is 0.258. The maximum absolute atomic E-state index is 14.0. The van der Waals surface area contributed by atoms with E-state index in [9.17, 15) is 19.2 Å². The fourth-order valence-electron chi connectivity index (χ4n) is 5.83. The van der Waals surface area contributed by atoms with Crippen LogP contribution < -0.4 is 24.6 Å². The average Bonchev–Trinajstić information content (AvgIpc) is 3.54. The van der Waals surface area contributed by atoms with E-state index in [-0.39, 0.29) is 29.2 Å². The zero-order chi connectivity index (χ0) is 31.2. The number of hydrogen-bond donors (Lipinski definition) is 2. The van der Waals surface area contributed by atoms with Gasteiger partial charge in [0.2, 0.25) is 11.8 Å². The smallest absolute Gasteiger partial charge is 0.305 e. The van der Waals surface area contributed by atoms with Crippen molar-refractivity contribution in [3.8, 4) is 11.5 Å². The van der Waals surface area contributed by atoms with Gasteiger partial charge in [0, 0.05) is 21.0 Å². The van der Waals surface area contributed by atoms with Gasteiger partial charge in [-0.2, -0.15) is 0 Å². The molecule has 0 spiro atoms. The third-order valence-electron chi connectivity index (χ3n) is 7.85. The number of methoxy groups -OCH3 is 1. The lowest BCUT2D eigenvalue weighted by Gasteiger charge is -2.30. The van der Waals surface area contributed by atoms with Gasteiger partial charge in [0.25, 0.3) is 5.91 Å². The molecule has 0 bridgehead atoms. The van der Waals surface area contributed by atoms with E-state index in [1.54, 1.807) is 42.5 Å². The van der Waals surface area contributed by atoms with Crippen LogP contribution in [0.4, 0.5) is 11.4 Å². The lowest BCUT2D eigenvalue weighted by molar-refractivity contribution is -0.122. The lowest BCUT2D eigenvalue weighted by Crippen LogP contribution is -2.32. The van der Waals surface area contributed by atoms with E-state index >= 15 is 0 Å². The Hall–Kier alpha value is -4.39. The minimum atomic E-state index is -0.741. The van der Waals surface area contributed by atoms with Crippen LogP contribution in [0.3, 0.4) is 0 Å². The summed E-state index contributed by atoms with van der Waals surface area (Å²) in [6.45, 7) is -0.258. The van der Waals surface area contributed by atoms with Crippen LogP contribution in [0.25, 0.3) is 10.8 Å². The number of fused-ring (bicyclic) bond motifs is 3. The maximum Gasteiger partial charge on any atom is 0.305 e. The van der Waals surface area contributed by atoms with Crippen molar-refractivity contribution in [3.63, 3.8) is 0 Å². The molecule has 0 unspecified atom stereocenters. The second-order valence-electron chi connectivity index (χ2n) is 10.5. The van der Waals surface area contributed by atoms with E-state index in [1.807, 2.05) is 42.5 Å². The van der Waals surface area contributed by atoms with E-state index in [4.69, 9.17) is 9.47 Å². The number of thiazole rings is 1. The Morgan fingerprint density at radius 3 is 2.49 bits per heavy atom. The molecule has 3 heterocycles. The number of carbonyl (C=O) groups excluding carboxylic acids is 3. The van der Waals surface area contributed by atoms with Crippen molar-refractivity contribution in [1.82, 2.24) is 4.98 Å². The first-order chi connectivity index (χ1) is 21.8.